The number of methoxy groups -OCH3 is 1. The second kappa shape index (κ2) is 6.95. The summed E-state index contributed by atoms with van der Waals surface area (Å²) in [6, 6.07) is 15.9. The minimum atomic E-state index is -0.391. The Labute approximate surface area is 139 Å². The molecule has 0 aliphatic carbocycles. The minimum Gasteiger partial charge on any atom is -0.497 e. The maximum atomic E-state index is 12.2. The van der Waals surface area contributed by atoms with Crippen molar-refractivity contribution in [3.05, 3.63) is 66.1 Å². The molecule has 122 valence electrons. The lowest BCUT2D eigenvalue weighted by Crippen LogP contribution is -2.26. The molecule has 0 radical (unpaired) electrons. The molecule has 2 aromatic carbocycles. The molecule has 1 N–H and O–H groups in total. The summed E-state index contributed by atoms with van der Waals surface area (Å²) in [5.41, 5.74) is 1.40. The first-order chi connectivity index (χ1) is 11.7. The molecule has 0 aliphatic rings. The van der Waals surface area contributed by atoms with Crippen LogP contribution in [0.25, 0.3) is 11.4 Å². The van der Waals surface area contributed by atoms with Gasteiger partial charge in [-0.05, 0) is 43.3 Å². The number of benzene rings is 2. The SMILES string of the molecule is COc1ccc(-c2noc([C@H](C)NC(=O)c3ccccc3)n2)cc1. The van der Waals surface area contributed by atoms with Crippen LogP contribution in [-0.4, -0.2) is 23.2 Å². The van der Waals surface area contributed by atoms with Gasteiger partial charge in [0, 0.05) is 11.1 Å². The number of ether oxygens (including phenoxy) is 1. The molecule has 0 spiro atoms. The number of hydrogen-bond donors (Lipinski definition) is 1. The van der Waals surface area contributed by atoms with Gasteiger partial charge in [-0.2, -0.15) is 4.98 Å². The van der Waals surface area contributed by atoms with Gasteiger partial charge in [0.2, 0.25) is 11.7 Å². The molecule has 0 bridgehead atoms. The molecule has 0 fully saturated rings. The lowest BCUT2D eigenvalue weighted by molar-refractivity contribution is 0.0932. The number of nitrogens with zero attached hydrogens (tertiary/aromatic N) is 2. The van der Waals surface area contributed by atoms with Gasteiger partial charge in [0.1, 0.15) is 11.8 Å². The maximum absolute atomic E-state index is 12.2. The zero-order chi connectivity index (χ0) is 16.9. The molecule has 1 amide bonds. The van der Waals surface area contributed by atoms with E-state index in [4.69, 9.17) is 9.26 Å². The van der Waals surface area contributed by atoms with E-state index in [1.165, 1.54) is 0 Å². The van der Waals surface area contributed by atoms with Crippen molar-refractivity contribution in [1.29, 1.82) is 0 Å². The Kier molecular flexibility index (Phi) is 4.56. The third-order valence-corrected chi connectivity index (χ3v) is 3.54. The number of aromatic nitrogens is 2. The van der Waals surface area contributed by atoms with E-state index in [1.807, 2.05) is 42.5 Å². The fourth-order valence-electron chi connectivity index (χ4n) is 2.20. The third kappa shape index (κ3) is 3.43. The molecule has 24 heavy (non-hydrogen) atoms. The lowest BCUT2D eigenvalue weighted by Gasteiger charge is -2.09. The average molecular weight is 323 g/mol. The second-order valence-electron chi connectivity index (χ2n) is 5.25. The topological polar surface area (TPSA) is 77.3 Å². The Morgan fingerprint density at radius 1 is 1.12 bits per heavy atom. The molecule has 6 nitrogen and oxygen atoms in total. The summed E-state index contributed by atoms with van der Waals surface area (Å²) in [6.45, 7) is 1.80. The van der Waals surface area contributed by atoms with E-state index in [-0.39, 0.29) is 5.91 Å². The first-order valence-electron chi connectivity index (χ1n) is 7.51. The van der Waals surface area contributed by atoms with Crippen LogP contribution in [0, 0.1) is 0 Å². The highest BCUT2D eigenvalue weighted by molar-refractivity contribution is 5.94. The van der Waals surface area contributed by atoms with Gasteiger partial charge >= 0.3 is 0 Å². The average Bonchev–Trinajstić information content (AvgIpc) is 3.13. The van der Waals surface area contributed by atoms with E-state index in [0.717, 1.165) is 11.3 Å². The van der Waals surface area contributed by atoms with Crippen molar-refractivity contribution in [2.45, 2.75) is 13.0 Å². The molecule has 1 heterocycles. The van der Waals surface area contributed by atoms with Crippen LogP contribution >= 0.6 is 0 Å². The van der Waals surface area contributed by atoms with Crippen molar-refractivity contribution in [2.24, 2.45) is 0 Å². The molecule has 0 aliphatic heterocycles. The molecule has 0 unspecified atom stereocenters. The molecule has 6 heteroatoms. The number of rotatable bonds is 5. The molecule has 0 saturated carbocycles. The van der Waals surface area contributed by atoms with Crippen molar-refractivity contribution < 1.29 is 14.1 Å². The highest BCUT2D eigenvalue weighted by Gasteiger charge is 2.18. The van der Waals surface area contributed by atoms with Gasteiger partial charge in [0.15, 0.2) is 0 Å². The van der Waals surface area contributed by atoms with Gasteiger partial charge in [0.05, 0.1) is 7.11 Å². The van der Waals surface area contributed by atoms with Crippen LogP contribution in [0.3, 0.4) is 0 Å². The summed E-state index contributed by atoms with van der Waals surface area (Å²) >= 11 is 0. The van der Waals surface area contributed by atoms with Gasteiger partial charge in [0.25, 0.3) is 5.91 Å². The van der Waals surface area contributed by atoms with Crippen LogP contribution in [0.1, 0.15) is 29.2 Å². The van der Waals surface area contributed by atoms with Crippen LogP contribution in [-0.2, 0) is 0 Å². The Morgan fingerprint density at radius 3 is 2.50 bits per heavy atom. The molecule has 3 aromatic rings. The summed E-state index contributed by atoms with van der Waals surface area (Å²) in [6.07, 6.45) is 0. The van der Waals surface area contributed by atoms with Crippen molar-refractivity contribution in [3.63, 3.8) is 0 Å². The monoisotopic (exact) mass is 323 g/mol. The van der Waals surface area contributed by atoms with E-state index < -0.39 is 6.04 Å². The van der Waals surface area contributed by atoms with Crippen LogP contribution in [0.15, 0.2) is 59.1 Å². The highest BCUT2D eigenvalue weighted by atomic mass is 16.5. The Bertz CT molecular complexity index is 813. The summed E-state index contributed by atoms with van der Waals surface area (Å²) in [4.78, 5) is 16.5. The lowest BCUT2D eigenvalue weighted by atomic mass is 10.2. The normalized spacial score (nSPS) is 11.8. The van der Waals surface area contributed by atoms with E-state index in [9.17, 15) is 4.79 Å². The fourth-order valence-corrected chi connectivity index (χ4v) is 2.20. The van der Waals surface area contributed by atoms with Crippen molar-refractivity contribution in [1.82, 2.24) is 15.5 Å². The Morgan fingerprint density at radius 2 is 1.83 bits per heavy atom. The summed E-state index contributed by atoms with van der Waals surface area (Å²) in [7, 11) is 1.61. The van der Waals surface area contributed by atoms with Crippen LogP contribution < -0.4 is 10.1 Å². The van der Waals surface area contributed by atoms with E-state index in [2.05, 4.69) is 15.5 Å². The quantitative estimate of drug-likeness (QED) is 0.780. The maximum Gasteiger partial charge on any atom is 0.251 e. The van der Waals surface area contributed by atoms with Crippen molar-refractivity contribution >= 4 is 5.91 Å². The summed E-state index contributed by atoms with van der Waals surface area (Å²) in [5.74, 6) is 1.39. The number of nitrogens with one attached hydrogen (secondary N) is 1. The third-order valence-electron chi connectivity index (χ3n) is 3.54. The van der Waals surface area contributed by atoms with E-state index >= 15 is 0 Å². The van der Waals surface area contributed by atoms with Gasteiger partial charge in [-0.3, -0.25) is 4.79 Å². The van der Waals surface area contributed by atoms with Crippen LogP contribution in [0.2, 0.25) is 0 Å². The number of carbonyl (C=O) groups excluding carboxylic acids is 1. The summed E-state index contributed by atoms with van der Waals surface area (Å²) in [5, 5.41) is 6.81. The number of carbonyl (C=O) groups is 1. The van der Waals surface area contributed by atoms with Crippen LogP contribution in [0.5, 0.6) is 5.75 Å². The predicted octanol–water partition coefficient (Wildman–Crippen LogP) is 3.24. The predicted molar refractivity (Wildman–Crippen MR) is 88.6 cm³/mol. The van der Waals surface area contributed by atoms with Crippen molar-refractivity contribution in [2.75, 3.05) is 7.11 Å². The Hall–Kier alpha value is -3.15. The zero-order valence-corrected chi connectivity index (χ0v) is 13.4. The molecule has 1 atom stereocenters. The van der Waals surface area contributed by atoms with Gasteiger partial charge < -0.3 is 14.6 Å². The largest absolute Gasteiger partial charge is 0.497 e. The van der Waals surface area contributed by atoms with Crippen LogP contribution in [0.4, 0.5) is 0 Å². The minimum absolute atomic E-state index is 0.188. The van der Waals surface area contributed by atoms with Gasteiger partial charge in [-0.25, -0.2) is 0 Å². The molecule has 0 saturated heterocycles. The Balaban J connectivity index is 1.71. The molecule has 1 aromatic heterocycles. The second-order valence-corrected chi connectivity index (χ2v) is 5.25. The first-order valence-corrected chi connectivity index (χ1v) is 7.51. The van der Waals surface area contributed by atoms with Gasteiger partial charge in [-0.15, -0.1) is 0 Å². The van der Waals surface area contributed by atoms with E-state index in [0.29, 0.717) is 17.3 Å². The van der Waals surface area contributed by atoms with Crippen molar-refractivity contribution in [3.8, 4) is 17.1 Å². The fraction of sp³-hybridized carbons (Fsp3) is 0.167. The number of hydrogen-bond acceptors (Lipinski definition) is 5. The number of amides is 1. The molecule has 3 rings (SSSR count). The first kappa shape index (κ1) is 15.7. The zero-order valence-electron chi connectivity index (χ0n) is 13.4. The molecular formula is C18H17N3O3. The highest BCUT2D eigenvalue weighted by Crippen LogP contribution is 2.21. The van der Waals surface area contributed by atoms with E-state index in [1.54, 1.807) is 26.2 Å². The standard InChI is InChI=1S/C18H17N3O3/c1-12(19-17(22)14-6-4-3-5-7-14)18-20-16(21-24-18)13-8-10-15(23-2)11-9-13/h3-12H,1-2H3,(H,19,22)/t12-/m0/s1. The summed E-state index contributed by atoms with van der Waals surface area (Å²) < 4.78 is 10.4. The van der Waals surface area contributed by atoms with Gasteiger partial charge in [-0.1, -0.05) is 23.4 Å². The smallest absolute Gasteiger partial charge is 0.251 e. The molecular weight excluding hydrogens is 306 g/mol.